The van der Waals surface area contributed by atoms with E-state index >= 15 is 0 Å². The number of sulfonamides is 1. The lowest BCUT2D eigenvalue weighted by atomic mass is 10.1. The highest BCUT2D eigenvalue weighted by Gasteiger charge is 2.31. The number of methoxy groups -OCH3 is 1. The maximum absolute atomic E-state index is 13.6. The first-order valence-corrected chi connectivity index (χ1v) is 14.2. The number of carbonyl (C=O) groups excluding carboxylic acids is 2. The van der Waals surface area contributed by atoms with Crippen molar-refractivity contribution in [1.82, 2.24) is 10.2 Å². The van der Waals surface area contributed by atoms with Crippen molar-refractivity contribution in [3.63, 3.8) is 0 Å². The molecule has 0 heterocycles. The number of hydrogen-bond donors (Lipinski definition) is 1. The van der Waals surface area contributed by atoms with Gasteiger partial charge < -0.3 is 15.0 Å². The summed E-state index contributed by atoms with van der Waals surface area (Å²) in [6.45, 7) is 3.88. The fourth-order valence-electron chi connectivity index (χ4n) is 3.62. The second-order valence-corrected chi connectivity index (χ2v) is 11.0. The van der Waals surface area contributed by atoms with Crippen LogP contribution in [0.2, 0.25) is 10.0 Å². The average Bonchev–Trinajstić information content (AvgIpc) is 2.84. The molecule has 1 atom stereocenters. The van der Waals surface area contributed by atoms with E-state index in [9.17, 15) is 18.0 Å². The first-order valence-electron chi connectivity index (χ1n) is 11.6. The lowest BCUT2D eigenvalue weighted by Gasteiger charge is -2.33. The van der Waals surface area contributed by atoms with Crippen LogP contribution in [0.25, 0.3) is 0 Å². The number of unbranched alkanes of at least 4 members (excludes halogenated alkanes) is 1. The van der Waals surface area contributed by atoms with E-state index in [1.165, 1.54) is 12.0 Å². The minimum absolute atomic E-state index is 0.0512. The molecular weight excluding hydrogens is 525 g/mol. The van der Waals surface area contributed by atoms with Gasteiger partial charge >= 0.3 is 0 Å². The predicted molar refractivity (Wildman–Crippen MR) is 144 cm³/mol. The molecule has 11 heteroatoms. The zero-order valence-corrected chi connectivity index (χ0v) is 23.3. The molecule has 2 amide bonds. The van der Waals surface area contributed by atoms with E-state index in [-0.39, 0.29) is 12.5 Å². The molecule has 0 aromatic heterocycles. The molecule has 1 N–H and O–H groups in total. The number of benzene rings is 2. The molecule has 8 nitrogen and oxygen atoms in total. The molecular formula is C25H33Cl2N3O5S. The lowest BCUT2D eigenvalue weighted by molar-refractivity contribution is -0.140. The quantitative estimate of drug-likeness (QED) is 0.366. The fraction of sp³-hybridized carbons (Fsp3) is 0.440. The van der Waals surface area contributed by atoms with Gasteiger partial charge in [-0.25, -0.2) is 8.42 Å². The smallest absolute Gasteiger partial charge is 0.244 e. The van der Waals surface area contributed by atoms with E-state index < -0.39 is 28.5 Å². The summed E-state index contributed by atoms with van der Waals surface area (Å²) in [5.74, 6) is -0.274. The SMILES string of the molecule is CCCCNC(=O)[C@@H](CC)N(Cc1ccc(Cl)c(Cl)c1)C(=O)CN(c1ccc(OC)cc1)S(C)(=O)=O. The maximum Gasteiger partial charge on any atom is 0.244 e. The van der Waals surface area contributed by atoms with Crippen molar-refractivity contribution in [2.75, 3.05) is 30.8 Å². The zero-order chi connectivity index (χ0) is 26.9. The number of hydrogen-bond acceptors (Lipinski definition) is 5. The van der Waals surface area contributed by atoms with Gasteiger partial charge in [-0.2, -0.15) is 0 Å². The van der Waals surface area contributed by atoms with Crippen LogP contribution in [-0.2, 0) is 26.2 Å². The van der Waals surface area contributed by atoms with E-state index in [1.807, 2.05) is 6.92 Å². The Labute approximate surface area is 223 Å². The van der Waals surface area contributed by atoms with Gasteiger partial charge in [0.15, 0.2) is 0 Å². The molecule has 0 saturated heterocycles. The van der Waals surface area contributed by atoms with Crippen molar-refractivity contribution in [1.29, 1.82) is 0 Å². The Bertz CT molecular complexity index is 1140. The van der Waals surface area contributed by atoms with E-state index in [0.717, 1.165) is 23.4 Å². The molecule has 0 aliphatic heterocycles. The summed E-state index contributed by atoms with van der Waals surface area (Å²) in [5.41, 5.74) is 0.967. The van der Waals surface area contributed by atoms with Crippen molar-refractivity contribution in [2.45, 2.75) is 45.7 Å². The molecule has 0 saturated carbocycles. The van der Waals surface area contributed by atoms with Crippen molar-refractivity contribution >= 4 is 50.7 Å². The minimum atomic E-state index is -3.82. The van der Waals surface area contributed by atoms with Crippen LogP contribution in [0.3, 0.4) is 0 Å². The van der Waals surface area contributed by atoms with Crippen molar-refractivity contribution in [3.05, 3.63) is 58.1 Å². The summed E-state index contributed by atoms with van der Waals surface area (Å²) in [6.07, 6.45) is 3.09. The van der Waals surface area contributed by atoms with Gasteiger partial charge in [-0.05, 0) is 54.8 Å². The van der Waals surface area contributed by atoms with Gasteiger partial charge in [-0.1, -0.05) is 49.5 Å². The number of anilines is 1. The van der Waals surface area contributed by atoms with Crippen LogP contribution in [0.1, 0.15) is 38.7 Å². The predicted octanol–water partition coefficient (Wildman–Crippen LogP) is 4.49. The molecule has 2 aromatic rings. The molecule has 0 radical (unpaired) electrons. The minimum Gasteiger partial charge on any atom is -0.497 e. The van der Waals surface area contributed by atoms with E-state index in [2.05, 4.69) is 5.32 Å². The van der Waals surface area contributed by atoms with Crippen molar-refractivity contribution < 1.29 is 22.7 Å². The molecule has 0 spiro atoms. The second kappa shape index (κ2) is 13.7. The van der Waals surface area contributed by atoms with Gasteiger partial charge in [0, 0.05) is 13.1 Å². The van der Waals surface area contributed by atoms with Gasteiger partial charge in [-0.3, -0.25) is 13.9 Å². The third kappa shape index (κ3) is 8.28. The number of nitrogens with one attached hydrogen (secondary N) is 1. The number of amides is 2. The van der Waals surface area contributed by atoms with Crippen LogP contribution in [0.4, 0.5) is 5.69 Å². The van der Waals surface area contributed by atoms with Crippen LogP contribution in [-0.4, -0.2) is 57.6 Å². The Kier molecular flexibility index (Phi) is 11.3. The molecule has 198 valence electrons. The molecule has 0 fully saturated rings. The monoisotopic (exact) mass is 557 g/mol. The highest BCUT2D eigenvalue weighted by atomic mass is 35.5. The molecule has 36 heavy (non-hydrogen) atoms. The third-order valence-corrected chi connectivity index (χ3v) is 7.47. The molecule has 0 unspecified atom stereocenters. The Morgan fingerprint density at radius 1 is 1.06 bits per heavy atom. The summed E-state index contributed by atoms with van der Waals surface area (Å²) in [5, 5.41) is 3.56. The number of rotatable bonds is 13. The number of ether oxygens (including phenoxy) is 1. The van der Waals surface area contributed by atoms with Crippen molar-refractivity contribution in [3.8, 4) is 5.75 Å². The van der Waals surface area contributed by atoms with E-state index in [4.69, 9.17) is 27.9 Å². The largest absolute Gasteiger partial charge is 0.497 e. The summed E-state index contributed by atoms with van der Waals surface area (Å²) in [6, 6.07) is 10.5. The Balaban J connectivity index is 2.42. The van der Waals surface area contributed by atoms with Gasteiger partial charge in [0.05, 0.1) is 29.1 Å². The van der Waals surface area contributed by atoms with Crippen LogP contribution in [0.15, 0.2) is 42.5 Å². The Morgan fingerprint density at radius 3 is 2.25 bits per heavy atom. The van der Waals surface area contributed by atoms with Gasteiger partial charge in [0.2, 0.25) is 21.8 Å². The molecule has 0 bridgehead atoms. The molecule has 2 rings (SSSR count). The summed E-state index contributed by atoms with van der Waals surface area (Å²) < 4.78 is 31.4. The normalized spacial score (nSPS) is 12.1. The van der Waals surface area contributed by atoms with Crippen LogP contribution in [0, 0.1) is 0 Å². The molecule has 2 aromatic carbocycles. The Morgan fingerprint density at radius 2 is 1.72 bits per heavy atom. The van der Waals surface area contributed by atoms with Crippen molar-refractivity contribution in [2.24, 2.45) is 0 Å². The highest BCUT2D eigenvalue weighted by molar-refractivity contribution is 7.92. The fourth-order valence-corrected chi connectivity index (χ4v) is 4.79. The Hall–Kier alpha value is -2.49. The number of nitrogens with zero attached hydrogens (tertiary/aromatic N) is 2. The first kappa shape index (κ1) is 29.7. The first-order chi connectivity index (χ1) is 17.0. The van der Waals surface area contributed by atoms with Crippen LogP contribution < -0.4 is 14.4 Å². The van der Waals surface area contributed by atoms with Gasteiger partial charge in [0.1, 0.15) is 18.3 Å². The third-order valence-electron chi connectivity index (χ3n) is 5.59. The summed E-state index contributed by atoms with van der Waals surface area (Å²) in [4.78, 5) is 28.1. The number of halogens is 2. The van der Waals surface area contributed by atoms with E-state index in [1.54, 1.807) is 49.4 Å². The zero-order valence-electron chi connectivity index (χ0n) is 21.0. The molecule has 0 aliphatic carbocycles. The second-order valence-electron chi connectivity index (χ2n) is 8.31. The maximum atomic E-state index is 13.6. The highest BCUT2D eigenvalue weighted by Crippen LogP contribution is 2.25. The summed E-state index contributed by atoms with van der Waals surface area (Å²) >= 11 is 12.2. The lowest BCUT2D eigenvalue weighted by Crippen LogP contribution is -2.52. The standard InChI is InChI=1S/C25H33Cl2N3O5S/c1-5-7-14-28-25(32)23(6-2)29(16-18-8-13-21(26)22(27)15-18)24(31)17-30(36(4,33)34)19-9-11-20(35-3)12-10-19/h8-13,15,23H,5-7,14,16-17H2,1-4H3,(H,28,32)/t23-/m1/s1. The van der Waals surface area contributed by atoms with Gasteiger partial charge in [0.25, 0.3) is 0 Å². The average molecular weight is 559 g/mol. The summed E-state index contributed by atoms with van der Waals surface area (Å²) in [7, 11) is -2.31. The van der Waals surface area contributed by atoms with Crippen LogP contribution >= 0.6 is 23.2 Å². The van der Waals surface area contributed by atoms with E-state index in [0.29, 0.717) is 40.0 Å². The molecule has 0 aliphatic rings. The topological polar surface area (TPSA) is 96.0 Å². The number of carbonyl (C=O) groups is 2. The van der Waals surface area contributed by atoms with Gasteiger partial charge in [-0.15, -0.1) is 0 Å². The van der Waals surface area contributed by atoms with Crippen LogP contribution in [0.5, 0.6) is 5.75 Å².